The van der Waals surface area contributed by atoms with Crippen molar-refractivity contribution >= 4 is 67.9 Å². The highest BCUT2D eigenvalue weighted by Gasteiger charge is 2.52. The van der Waals surface area contributed by atoms with Crippen molar-refractivity contribution in [3.05, 3.63) is 135 Å². The Morgan fingerprint density at radius 2 is 0.871 bits per heavy atom. The lowest BCUT2D eigenvalue weighted by Crippen LogP contribution is -2.61. The minimum atomic E-state index is 0.00750. The van der Waals surface area contributed by atoms with E-state index in [-0.39, 0.29) is 50.0 Å². The van der Waals surface area contributed by atoms with E-state index in [0.717, 1.165) is 0 Å². The zero-order valence-electron chi connectivity index (χ0n) is 46.3. The molecule has 0 spiro atoms. The third-order valence-electron chi connectivity index (χ3n) is 18.7. The largest absolute Gasteiger partial charge is 0.311 e. The van der Waals surface area contributed by atoms with Crippen molar-refractivity contribution < 1.29 is 0 Å². The summed E-state index contributed by atoms with van der Waals surface area (Å²) in [6.07, 6.45) is 7.13. The number of nitrogens with zero attached hydrogens (tertiary/aromatic N) is 2. The molecule has 2 aliphatic heterocycles. The molecule has 1 aromatic heterocycles. The third kappa shape index (κ3) is 7.20. The first-order chi connectivity index (χ1) is 32.4. The smallest absolute Gasteiger partial charge is 0.264 e. The van der Waals surface area contributed by atoms with Crippen LogP contribution in [0.1, 0.15) is 207 Å². The van der Waals surface area contributed by atoms with Gasteiger partial charge in [0.25, 0.3) is 6.71 Å². The fraction of sp³-hybridized carbons (Fsp3) is 0.485. The highest BCUT2D eigenvalue weighted by molar-refractivity contribution is 7.29. The van der Waals surface area contributed by atoms with Crippen LogP contribution in [-0.2, 0) is 43.3 Å². The van der Waals surface area contributed by atoms with Gasteiger partial charge in [0.05, 0.1) is 5.69 Å². The number of rotatable bonds is 3. The minimum absolute atomic E-state index is 0.00750. The molecule has 5 aliphatic rings. The van der Waals surface area contributed by atoms with Crippen molar-refractivity contribution in [3.63, 3.8) is 0 Å². The molecule has 0 amide bonds. The van der Waals surface area contributed by atoms with Crippen LogP contribution in [0.15, 0.2) is 91.0 Å². The van der Waals surface area contributed by atoms with Gasteiger partial charge < -0.3 is 9.80 Å². The molecular weight excluding hydrogens is 864 g/mol. The van der Waals surface area contributed by atoms with Crippen molar-refractivity contribution in [3.8, 4) is 11.1 Å². The molecule has 3 aliphatic carbocycles. The van der Waals surface area contributed by atoms with Gasteiger partial charge in [-0.15, -0.1) is 0 Å². The lowest BCUT2D eigenvalue weighted by atomic mass is 9.35. The Bertz CT molecular complexity index is 3120. The molecule has 0 atom stereocenters. The Labute approximate surface area is 427 Å². The summed E-state index contributed by atoms with van der Waals surface area (Å²) in [6.45, 7) is 44.1. The van der Waals surface area contributed by atoms with Crippen molar-refractivity contribution in [2.45, 2.75) is 206 Å². The first kappa shape index (κ1) is 47.8. The predicted molar refractivity (Wildman–Crippen MR) is 307 cm³/mol. The normalized spacial score (nSPS) is 20.7. The van der Waals surface area contributed by atoms with Crippen molar-refractivity contribution in [2.75, 3.05) is 9.80 Å². The molecule has 6 aromatic rings. The van der Waals surface area contributed by atoms with E-state index >= 15 is 0 Å². The number of anilines is 6. The lowest BCUT2D eigenvalue weighted by Gasteiger charge is -2.47. The molecule has 70 heavy (non-hydrogen) atoms. The number of benzene rings is 5. The average Bonchev–Trinajstić information content (AvgIpc) is 3.70. The van der Waals surface area contributed by atoms with Crippen LogP contribution in [0.25, 0.3) is 11.1 Å². The molecule has 0 saturated carbocycles. The van der Waals surface area contributed by atoms with E-state index in [1.807, 2.05) is 0 Å². The summed E-state index contributed by atoms with van der Waals surface area (Å²) in [5.74, 6) is 0. The summed E-state index contributed by atoms with van der Waals surface area (Å²) < 4.78 is 1.52. The topological polar surface area (TPSA) is 6.48 Å². The van der Waals surface area contributed by atoms with Crippen molar-refractivity contribution in [1.29, 1.82) is 0 Å². The summed E-state index contributed by atoms with van der Waals surface area (Å²) in [5, 5.41) is 0. The second-order valence-corrected chi connectivity index (χ2v) is 29.7. The van der Waals surface area contributed by atoms with Crippen LogP contribution in [-0.4, -0.2) is 6.71 Å². The van der Waals surface area contributed by atoms with Crippen molar-refractivity contribution in [1.82, 2.24) is 0 Å². The molecular formula is C66H81BN2S. The summed E-state index contributed by atoms with van der Waals surface area (Å²) in [6, 6.07) is 37.5. The maximum atomic E-state index is 2.77. The van der Waals surface area contributed by atoms with E-state index in [1.165, 1.54) is 133 Å². The second-order valence-electron chi connectivity index (χ2n) is 28.7. The Kier molecular flexibility index (Phi) is 10.3. The van der Waals surface area contributed by atoms with Crippen LogP contribution in [0.2, 0.25) is 0 Å². The molecule has 0 radical (unpaired) electrons. The van der Waals surface area contributed by atoms with Gasteiger partial charge in [-0.2, -0.15) is 11.3 Å². The molecule has 0 N–H and O–H groups in total. The van der Waals surface area contributed by atoms with Gasteiger partial charge in [-0.3, -0.25) is 0 Å². The van der Waals surface area contributed by atoms with Crippen LogP contribution in [0, 0.1) is 0 Å². The van der Waals surface area contributed by atoms with Gasteiger partial charge in [-0.1, -0.05) is 173 Å². The Morgan fingerprint density at radius 3 is 1.40 bits per heavy atom. The van der Waals surface area contributed by atoms with E-state index < -0.39 is 0 Å². The zero-order valence-corrected chi connectivity index (χ0v) is 47.1. The zero-order chi connectivity index (χ0) is 50.3. The van der Waals surface area contributed by atoms with Crippen LogP contribution in [0.4, 0.5) is 34.1 Å². The number of hydrogen-bond acceptors (Lipinski definition) is 3. The predicted octanol–water partition coefficient (Wildman–Crippen LogP) is 17.1. The highest BCUT2D eigenvalue weighted by atomic mass is 32.1. The Hall–Kier alpha value is -4.54. The van der Waals surface area contributed by atoms with E-state index in [4.69, 9.17) is 0 Å². The van der Waals surface area contributed by atoms with Gasteiger partial charge in [-0.05, 0) is 185 Å². The quantitative estimate of drug-likeness (QED) is 0.163. The number of thiophene rings is 1. The fourth-order valence-electron chi connectivity index (χ4n) is 13.5. The van der Waals surface area contributed by atoms with E-state index in [1.54, 1.807) is 10.4 Å². The van der Waals surface area contributed by atoms with Gasteiger partial charge in [0.15, 0.2) is 0 Å². The number of fused-ring (bicyclic) bond motifs is 8. The van der Waals surface area contributed by atoms with Crippen LogP contribution in [0.3, 0.4) is 0 Å². The molecule has 4 heteroatoms. The monoisotopic (exact) mass is 945 g/mol. The van der Waals surface area contributed by atoms with Crippen LogP contribution >= 0.6 is 11.3 Å². The molecule has 2 nitrogen and oxygen atoms in total. The minimum Gasteiger partial charge on any atom is -0.311 e. The van der Waals surface area contributed by atoms with E-state index in [2.05, 4.69) is 237 Å². The maximum Gasteiger partial charge on any atom is 0.264 e. The summed E-state index contributed by atoms with van der Waals surface area (Å²) in [4.78, 5) is 7.06. The Balaban J connectivity index is 1.30. The van der Waals surface area contributed by atoms with E-state index in [9.17, 15) is 0 Å². The van der Waals surface area contributed by atoms with Gasteiger partial charge >= 0.3 is 0 Å². The molecule has 0 fully saturated rings. The summed E-state index contributed by atoms with van der Waals surface area (Å²) in [5.41, 5.74) is 24.3. The molecule has 5 aromatic carbocycles. The van der Waals surface area contributed by atoms with Gasteiger partial charge in [-0.25, -0.2) is 0 Å². The maximum absolute atomic E-state index is 2.77. The fourth-order valence-corrected chi connectivity index (χ4v) is 15.3. The summed E-state index contributed by atoms with van der Waals surface area (Å²) >= 11 is 2.15. The molecule has 364 valence electrons. The van der Waals surface area contributed by atoms with Gasteiger partial charge in [0, 0.05) is 38.1 Å². The average molecular weight is 945 g/mol. The van der Waals surface area contributed by atoms with E-state index in [0.29, 0.717) is 0 Å². The first-order valence-corrected chi connectivity index (χ1v) is 27.7. The third-order valence-corrected chi connectivity index (χ3v) is 20.3. The Morgan fingerprint density at radius 1 is 0.429 bits per heavy atom. The van der Waals surface area contributed by atoms with Crippen LogP contribution < -0.4 is 25.5 Å². The standard InChI is InChI=1S/C66H81BN2S/c1-59(2,3)42-20-24-44(25-21-42)68-51-39-49-48(63(11,12)31-32-64(49,13)14)38-50(51)67-55-52(68)36-41(40-19-28-46-47(35-40)62(9,10)30-29-61(46,7)8)37-53(55)69(45-26-22-43(23-27-45)60(4,5)6)56-54-57(70-58(56)67)66(17,18)34-33-65(54,15)16/h19-28,35-39H,29-34H2,1-18H3. The molecule has 0 bridgehead atoms. The summed E-state index contributed by atoms with van der Waals surface area (Å²) in [7, 11) is 0. The van der Waals surface area contributed by atoms with Crippen molar-refractivity contribution in [2.24, 2.45) is 0 Å². The SMILES string of the molecule is CC(C)(C)c1ccc(N2c3cc4c(cc3B3c5sc6c(c5N(c5ccc(C(C)(C)C)cc5)c5cc(-c7ccc8c(c7)C(C)(C)CCC8(C)C)cc2c53)C(C)(C)CCC6(C)C)C(C)(C)CCC4(C)C)cc1. The molecule has 0 unspecified atom stereocenters. The lowest BCUT2D eigenvalue weighted by molar-refractivity contribution is 0.332. The van der Waals surface area contributed by atoms with Gasteiger partial charge in [0.1, 0.15) is 0 Å². The highest BCUT2D eigenvalue weighted by Crippen LogP contribution is 2.58. The number of hydrogen-bond donors (Lipinski definition) is 0. The molecule has 11 rings (SSSR count). The van der Waals surface area contributed by atoms with Gasteiger partial charge in [0.2, 0.25) is 0 Å². The van der Waals surface area contributed by atoms with Crippen LogP contribution in [0.5, 0.6) is 0 Å². The second kappa shape index (κ2) is 15.0. The molecule has 3 heterocycles. The molecule has 0 saturated heterocycles. The first-order valence-electron chi connectivity index (χ1n) is 26.9.